The summed E-state index contributed by atoms with van der Waals surface area (Å²) in [6.45, 7) is 3.33. The van der Waals surface area contributed by atoms with Gasteiger partial charge in [0.2, 0.25) is 0 Å². The molecule has 0 unspecified atom stereocenters. The molecule has 2 aromatic carbocycles. The number of carbonyl (C=O) groups excluding carboxylic acids is 3. The van der Waals surface area contributed by atoms with Gasteiger partial charge in [0, 0.05) is 0 Å². The number of nitrogens with zero attached hydrogens (tertiary/aromatic N) is 1. The van der Waals surface area contributed by atoms with Gasteiger partial charge in [0.1, 0.15) is 17.5 Å². The van der Waals surface area contributed by atoms with Gasteiger partial charge in [-0.05, 0) is 61.5 Å². The molecule has 0 aliphatic carbocycles. The van der Waals surface area contributed by atoms with E-state index in [1.165, 1.54) is 6.92 Å². The fraction of sp³-hybridized carbons (Fsp3) is 0.190. The van der Waals surface area contributed by atoms with Gasteiger partial charge in [0.15, 0.2) is 0 Å². The number of esters is 1. The quantitative estimate of drug-likeness (QED) is 0.529. The molecule has 0 N–H and O–H groups in total. The van der Waals surface area contributed by atoms with Crippen molar-refractivity contribution in [2.45, 2.75) is 19.9 Å². The van der Waals surface area contributed by atoms with Crippen molar-refractivity contribution in [3.8, 4) is 11.5 Å². The van der Waals surface area contributed by atoms with Crippen LogP contribution in [0.3, 0.4) is 0 Å². The van der Waals surface area contributed by atoms with Crippen LogP contribution in [0.2, 0.25) is 0 Å². The molecule has 144 valence electrons. The molecule has 28 heavy (non-hydrogen) atoms. The summed E-state index contributed by atoms with van der Waals surface area (Å²) in [5.41, 5.74) is 0.711. The highest BCUT2D eigenvalue weighted by molar-refractivity contribution is 8.18. The second-order valence-electron chi connectivity index (χ2n) is 5.97. The molecular weight excluding hydrogens is 378 g/mol. The Morgan fingerprint density at radius 1 is 1.11 bits per heavy atom. The monoisotopic (exact) mass is 397 g/mol. The minimum Gasteiger partial charge on any atom is -0.464 e. The average molecular weight is 397 g/mol. The van der Waals surface area contributed by atoms with Crippen LogP contribution in [0.15, 0.2) is 59.5 Å². The molecule has 2 aromatic rings. The molecule has 1 heterocycles. The lowest BCUT2D eigenvalue weighted by molar-refractivity contribution is -0.150. The molecule has 1 saturated heterocycles. The van der Waals surface area contributed by atoms with Gasteiger partial charge >= 0.3 is 5.97 Å². The number of imide groups is 1. The summed E-state index contributed by atoms with van der Waals surface area (Å²) in [5.74, 6) is 0.191. The molecule has 1 aliphatic rings. The van der Waals surface area contributed by atoms with Gasteiger partial charge in [-0.1, -0.05) is 30.3 Å². The second kappa shape index (κ2) is 8.75. The number of amides is 2. The standard InChI is InChI=1S/C21H19NO5S/c1-3-26-20(24)14(2)22-19(23)18(28-21(22)25)13-15-8-7-11-17(12-15)27-16-9-5-4-6-10-16/h4-14H,3H2,1-2H3/b18-13+/t14-/m1/s1. The van der Waals surface area contributed by atoms with E-state index in [-0.39, 0.29) is 11.5 Å². The van der Waals surface area contributed by atoms with E-state index in [2.05, 4.69) is 0 Å². The largest absolute Gasteiger partial charge is 0.464 e. The molecule has 0 spiro atoms. The zero-order chi connectivity index (χ0) is 20.1. The van der Waals surface area contributed by atoms with Crippen molar-refractivity contribution in [2.24, 2.45) is 0 Å². The van der Waals surface area contributed by atoms with Crippen LogP contribution in [-0.4, -0.2) is 34.7 Å². The van der Waals surface area contributed by atoms with E-state index in [1.807, 2.05) is 30.3 Å². The Hall–Kier alpha value is -3.06. The molecule has 7 heteroatoms. The summed E-state index contributed by atoms with van der Waals surface area (Å²) in [6, 6.07) is 15.6. The number of para-hydroxylation sites is 1. The maximum atomic E-state index is 12.6. The van der Waals surface area contributed by atoms with E-state index in [9.17, 15) is 14.4 Å². The van der Waals surface area contributed by atoms with Crippen molar-refractivity contribution in [2.75, 3.05) is 6.61 Å². The first-order chi connectivity index (χ1) is 13.5. The number of hydrogen-bond acceptors (Lipinski definition) is 6. The van der Waals surface area contributed by atoms with E-state index in [0.717, 1.165) is 16.7 Å². The second-order valence-corrected chi connectivity index (χ2v) is 6.96. The Morgan fingerprint density at radius 2 is 1.82 bits per heavy atom. The average Bonchev–Trinajstić information content (AvgIpc) is 2.95. The zero-order valence-electron chi connectivity index (χ0n) is 15.5. The Labute approximate surface area is 167 Å². The minimum absolute atomic E-state index is 0.184. The first kappa shape index (κ1) is 19.7. The lowest BCUT2D eigenvalue weighted by atomic mass is 10.2. The van der Waals surface area contributed by atoms with Crippen molar-refractivity contribution in [1.29, 1.82) is 0 Å². The molecule has 6 nitrogen and oxygen atoms in total. The summed E-state index contributed by atoms with van der Waals surface area (Å²) in [5, 5.41) is -0.492. The highest BCUT2D eigenvalue weighted by atomic mass is 32.2. The summed E-state index contributed by atoms with van der Waals surface area (Å²) in [6.07, 6.45) is 1.61. The number of rotatable bonds is 6. The molecule has 0 aromatic heterocycles. The number of ether oxygens (including phenoxy) is 2. The maximum Gasteiger partial charge on any atom is 0.329 e. The molecule has 0 radical (unpaired) electrons. The van der Waals surface area contributed by atoms with Crippen LogP contribution >= 0.6 is 11.8 Å². The summed E-state index contributed by atoms with van der Waals surface area (Å²) in [4.78, 5) is 37.9. The number of benzene rings is 2. The molecule has 1 atom stereocenters. The van der Waals surface area contributed by atoms with Crippen molar-refractivity contribution in [3.63, 3.8) is 0 Å². The number of carbonyl (C=O) groups is 3. The fourth-order valence-corrected chi connectivity index (χ4v) is 3.53. The molecule has 0 saturated carbocycles. The van der Waals surface area contributed by atoms with E-state index in [4.69, 9.17) is 9.47 Å². The van der Waals surface area contributed by atoms with Crippen molar-refractivity contribution >= 4 is 35.0 Å². The minimum atomic E-state index is -0.967. The number of hydrogen-bond donors (Lipinski definition) is 0. The molecule has 0 bridgehead atoms. The SMILES string of the molecule is CCOC(=O)[C@@H](C)N1C(=O)S/C(=C/c2cccc(Oc3ccccc3)c2)C1=O. The Bertz CT molecular complexity index is 925. The van der Waals surface area contributed by atoms with Gasteiger partial charge < -0.3 is 9.47 Å². The van der Waals surface area contributed by atoms with Gasteiger partial charge in [-0.3, -0.25) is 14.5 Å². The van der Waals surface area contributed by atoms with E-state index in [0.29, 0.717) is 17.1 Å². The van der Waals surface area contributed by atoms with E-state index in [1.54, 1.807) is 37.3 Å². The smallest absolute Gasteiger partial charge is 0.329 e. The van der Waals surface area contributed by atoms with Crippen LogP contribution in [0.25, 0.3) is 6.08 Å². The summed E-state index contributed by atoms with van der Waals surface area (Å²) >= 11 is 0.800. The third-order valence-corrected chi connectivity index (χ3v) is 4.86. The number of thioether (sulfide) groups is 1. The third-order valence-electron chi connectivity index (χ3n) is 3.97. The van der Waals surface area contributed by atoms with Gasteiger partial charge in [-0.25, -0.2) is 4.79 Å². The normalized spacial score (nSPS) is 16.4. The van der Waals surface area contributed by atoms with Crippen molar-refractivity contribution in [3.05, 3.63) is 65.1 Å². The lowest BCUT2D eigenvalue weighted by Crippen LogP contribution is -2.42. The van der Waals surface area contributed by atoms with Crippen LogP contribution in [0, 0.1) is 0 Å². The van der Waals surface area contributed by atoms with Crippen LogP contribution < -0.4 is 4.74 Å². The zero-order valence-corrected chi connectivity index (χ0v) is 16.3. The summed E-state index contributed by atoms with van der Waals surface area (Å²) < 4.78 is 10.7. The topological polar surface area (TPSA) is 72.9 Å². The highest BCUT2D eigenvalue weighted by Gasteiger charge is 2.41. The van der Waals surface area contributed by atoms with E-state index >= 15 is 0 Å². The first-order valence-corrected chi connectivity index (χ1v) is 9.58. The van der Waals surface area contributed by atoms with Crippen LogP contribution in [-0.2, 0) is 14.3 Å². The van der Waals surface area contributed by atoms with Gasteiger partial charge in [0.25, 0.3) is 11.1 Å². The van der Waals surface area contributed by atoms with E-state index < -0.39 is 23.2 Å². The fourth-order valence-electron chi connectivity index (χ4n) is 2.63. The Kier molecular flexibility index (Phi) is 6.16. The molecule has 2 amide bonds. The lowest BCUT2D eigenvalue weighted by Gasteiger charge is -2.19. The van der Waals surface area contributed by atoms with Crippen LogP contribution in [0.5, 0.6) is 11.5 Å². The first-order valence-electron chi connectivity index (χ1n) is 8.76. The van der Waals surface area contributed by atoms with Gasteiger partial charge in [0.05, 0.1) is 11.5 Å². The van der Waals surface area contributed by atoms with Gasteiger partial charge in [-0.15, -0.1) is 0 Å². The van der Waals surface area contributed by atoms with Crippen LogP contribution in [0.1, 0.15) is 19.4 Å². The third kappa shape index (κ3) is 4.43. The maximum absolute atomic E-state index is 12.6. The molecular formula is C21H19NO5S. The van der Waals surface area contributed by atoms with Crippen molar-refractivity contribution < 1.29 is 23.9 Å². The highest BCUT2D eigenvalue weighted by Crippen LogP contribution is 2.34. The molecule has 1 aliphatic heterocycles. The molecule has 1 fully saturated rings. The predicted molar refractivity (Wildman–Crippen MR) is 107 cm³/mol. The molecule has 3 rings (SSSR count). The van der Waals surface area contributed by atoms with Crippen LogP contribution in [0.4, 0.5) is 4.79 Å². The Morgan fingerprint density at radius 3 is 2.54 bits per heavy atom. The predicted octanol–water partition coefficient (Wildman–Crippen LogP) is 4.47. The van der Waals surface area contributed by atoms with Crippen molar-refractivity contribution in [1.82, 2.24) is 4.90 Å². The van der Waals surface area contributed by atoms with Gasteiger partial charge in [-0.2, -0.15) is 0 Å². The summed E-state index contributed by atoms with van der Waals surface area (Å²) in [7, 11) is 0. The Balaban J connectivity index is 1.78.